The lowest BCUT2D eigenvalue weighted by Crippen LogP contribution is -2.35. The molecule has 1 atom stereocenters. The van der Waals surface area contributed by atoms with E-state index in [1.165, 1.54) is 6.42 Å². The summed E-state index contributed by atoms with van der Waals surface area (Å²) in [5, 5.41) is 2.26. The first-order chi connectivity index (χ1) is 5.87. The molecule has 0 aromatic heterocycles. The van der Waals surface area contributed by atoms with Gasteiger partial charge in [-0.25, -0.2) is 0 Å². The summed E-state index contributed by atoms with van der Waals surface area (Å²) in [5.74, 6) is 0. The summed E-state index contributed by atoms with van der Waals surface area (Å²) in [5.41, 5.74) is 0.366. The molecule has 0 saturated heterocycles. The zero-order chi connectivity index (χ0) is 10.5. The molecule has 0 fully saturated rings. The second-order valence-electron chi connectivity index (χ2n) is 4.73. The van der Waals surface area contributed by atoms with E-state index in [2.05, 4.69) is 53.0 Å². The van der Waals surface area contributed by atoms with Crippen molar-refractivity contribution in [2.75, 3.05) is 0 Å². The first-order valence-corrected chi connectivity index (χ1v) is 6.08. The summed E-state index contributed by atoms with van der Waals surface area (Å²) >= 11 is 1.97. The maximum Gasteiger partial charge on any atom is 0.0218 e. The highest BCUT2D eigenvalue weighted by atomic mass is 32.2. The van der Waals surface area contributed by atoms with E-state index in [9.17, 15) is 0 Å². The lowest BCUT2D eigenvalue weighted by Gasteiger charge is -2.40. The fourth-order valence-electron chi connectivity index (χ4n) is 1.08. The molecule has 0 aromatic rings. The van der Waals surface area contributed by atoms with Crippen molar-refractivity contribution in [3.05, 3.63) is 11.5 Å². The van der Waals surface area contributed by atoms with Crippen LogP contribution in [0, 0.1) is 5.41 Å². The maximum atomic E-state index is 2.36. The van der Waals surface area contributed by atoms with Crippen LogP contribution in [0.1, 0.15) is 54.4 Å². The van der Waals surface area contributed by atoms with Crippen LogP contribution in [0.3, 0.4) is 0 Å². The second-order valence-corrected chi connectivity index (χ2v) is 6.14. The summed E-state index contributed by atoms with van der Waals surface area (Å²) in [7, 11) is 0. The minimum absolute atomic E-state index is 0.360. The zero-order valence-corrected chi connectivity index (χ0v) is 10.8. The van der Waals surface area contributed by atoms with Gasteiger partial charge in [0.2, 0.25) is 0 Å². The van der Waals surface area contributed by atoms with Crippen molar-refractivity contribution in [1.82, 2.24) is 0 Å². The summed E-state index contributed by atoms with van der Waals surface area (Å²) in [6, 6.07) is 0. The lowest BCUT2D eigenvalue weighted by molar-refractivity contribution is 0.293. The standard InChI is InChI=1S/C12H24S/c1-7-9-10-13-12(6,8-2)11(3,4)5/h9-10H,7-8H2,1-6H3/b10-9+. The van der Waals surface area contributed by atoms with Crippen molar-refractivity contribution in [2.45, 2.75) is 59.1 Å². The van der Waals surface area contributed by atoms with Gasteiger partial charge in [-0.1, -0.05) is 40.7 Å². The predicted octanol–water partition coefficient (Wildman–Crippen LogP) is 4.86. The highest BCUT2D eigenvalue weighted by Gasteiger charge is 2.35. The van der Waals surface area contributed by atoms with Gasteiger partial charge in [-0.3, -0.25) is 0 Å². The molecule has 0 nitrogen and oxygen atoms in total. The van der Waals surface area contributed by atoms with E-state index < -0.39 is 0 Å². The Kier molecular flexibility index (Phi) is 5.13. The topological polar surface area (TPSA) is 0 Å². The van der Waals surface area contributed by atoms with Gasteiger partial charge in [0.25, 0.3) is 0 Å². The molecule has 0 N–H and O–H groups in total. The van der Waals surface area contributed by atoms with Gasteiger partial charge >= 0.3 is 0 Å². The molecule has 0 aromatic carbocycles. The van der Waals surface area contributed by atoms with Crippen LogP contribution in [-0.2, 0) is 0 Å². The van der Waals surface area contributed by atoms with Gasteiger partial charge in [0.15, 0.2) is 0 Å². The molecule has 0 amide bonds. The molecule has 0 aliphatic heterocycles. The van der Waals surface area contributed by atoms with Crippen LogP contribution in [0.25, 0.3) is 0 Å². The van der Waals surface area contributed by atoms with Gasteiger partial charge in [-0.15, -0.1) is 11.8 Å². The molecule has 1 unspecified atom stereocenters. The highest BCUT2D eigenvalue weighted by Crippen LogP contribution is 2.44. The van der Waals surface area contributed by atoms with E-state index in [-0.39, 0.29) is 0 Å². The first-order valence-electron chi connectivity index (χ1n) is 5.20. The quantitative estimate of drug-likeness (QED) is 0.624. The monoisotopic (exact) mass is 200 g/mol. The molecule has 0 radical (unpaired) electrons. The fraction of sp³-hybridized carbons (Fsp3) is 0.833. The van der Waals surface area contributed by atoms with Crippen molar-refractivity contribution < 1.29 is 0 Å². The minimum Gasteiger partial charge on any atom is -0.127 e. The second kappa shape index (κ2) is 5.09. The third kappa shape index (κ3) is 3.76. The molecule has 1 heteroatoms. The van der Waals surface area contributed by atoms with Crippen LogP contribution in [0.5, 0.6) is 0 Å². The fourth-order valence-corrected chi connectivity index (χ4v) is 2.19. The van der Waals surface area contributed by atoms with Crippen molar-refractivity contribution in [3.8, 4) is 0 Å². The lowest BCUT2D eigenvalue weighted by atomic mass is 9.79. The molecule has 0 aliphatic rings. The van der Waals surface area contributed by atoms with Gasteiger partial charge in [-0.05, 0) is 30.6 Å². The molecule has 13 heavy (non-hydrogen) atoms. The molecule has 0 aliphatic carbocycles. The molecule has 0 bridgehead atoms. The van der Waals surface area contributed by atoms with E-state index in [1.54, 1.807) is 0 Å². The Balaban J connectivity index is 4.38. The SMILES string of the molecule is CC/C=C/SC(C)(CC)C(C)(C)C. The Morgan fingerprint density at radius 2 is 1.62 bits per heavy atom. The zero-order valence-electron chi connectivity index (χ0n) is 9.98. The summed E-state index contributed by atoms with van der Waals surface area (Å²) in [6.45, 7) is 13.8. The van der Waals surface area contributed by atoms with Gasteiger partial charge in [0.05, 0.1) is 0 Å². The Morgan fingerprint density at radius 3 is 1.92 bits per heavy atom. The average Bonchev–Trinajstić information content (AvgIpc) is 2.02. The maximum absolute atomic E-state index is 2.36. The van der Waals surface area contributed by atoms with Gasteiger partial charge < -0.3 is 0 Å². The normalized spacial score (nSPS) is 17.7. The average molecular weight is 200 g/mol. The first kappa shape index (κ1) is 13.1. The Bertz CT molecular complexity index is 164. The molecular formula is C12H24S. The molecule has 0 rings (SSSR count). The van der Waals surface area contributed by atoms with Gasteiger partial charge in [0.1, 0.15) is 0 Å². The number of hydrogen-bond acceptors (Lipinski definition) is 1. The van der Waals surface area contributed by atoms with Crippen LogP contribution in [-0.4, -0.2) is 4.75 Å². The van der Waals surface area contributed by atoms with E-state index >= 15 is 0 Å². The van der Waals surface area contributed by atoms with Crippen LogP contribution in [0.2, 0.25) is 0 Å². The van der Waals surface area contributed by atoms with E-state index in [0.717, 1.165) is 6.42 Å². The molecule has 0 saturated carbocycles. The molecular weight excluding hydrogens is 176 g/mol. The van der Waals surface area contributed by atoms with Crippen molar-refractivity contribution in [3.63, 3.8) is 0 Å². The van der Waals surface area contributed by atoms with Crippen LogP contribution >= 0.6 is 11.8 Å². The number of rotatable bonds is 4. The van der Waals surface area contributed by atoms with Gasteiger partial charge in [-0.2, -0.15) is 0 Å². The molecule has 0 heterocycles. The van der Waals surface area contributed by atoms with Crippen molar-refractivity contribution in [1.29, 1.82) is 0 Å². The number of hydrogen-bond donors (Lipinski definition) is 0. The number of allylic oxidation sites excluding steroid dienone is 1. The van der Waals surface area contributed by atoms with Gasteiger partial charge in [0, 0.05) is 4.75 Å². The third-order valence-electron chi connectivity index (χ3n) is 2.92. The largest absolute Gasteiger partial charge is 0.127 e. The van der Waals surface area contributed by atoms with Crippen molar-refractivity contribution >= 4 is 11.8 Å². The van der Waals surface area contributed by atoms with E-state index in [1.807, 2.05) is 11.8 Å². The van der Waals surface area contributed by atoms with E-state index in [4.69, 9.17) is 0 Å². The smallest absolute Gasteiger partial charge is 0.0218 e. The van der Waals surface area contributed by atoms with Crippen molar-refractivity contribution in [2.24, 2.45) is 5.41 Å². The summed E-state index contributed by atoms with van der Waals surface area (Å²) in [4.78, 5) is 0. The highest BCUT2D eigenvalue weighted by molar-refractivity contribution is 8.03. The number of thioether (sulfide) groups is 1. The van der Waals surface area contributed by atoms with Crippen LogP contribution in [0.4, 0.5) is 0 Å². The predicted molar refractivity (Wildman–Crippen MR) is 65.2 cm³/mol. The summed E-state index contributed by atoms with van der Waals surface area (Å²) < 4.78 is 0.360. The Hall–Kier alpha value is 0.0900. The third-order valence-corrected chi connectivity index (χ3v) is 4.67. The molecule has 78 valence electrons. The van der Waals surface area contributed by atoms with E-state index in [0.29, 0.717) is 10.2 Å². The Labute approximate surface area is 88.2 Å². The van der Waals surface area contributed by atoms with Crippen LogP contribution in [0.15, 0.2) is 11.5 Å². The summed E-state index contributed by atoms with van der Waals surface area (Å²) in [6.07, 6.45) is 4.59. The minimum atomic E-state index is 0.360. The molecule has 0 spiro atoms. The van der Waals surface area contributed by atoms with Crippen LogP contribution < -0.4 is 0 Å². The Morgan fingerprint density at radius 1 is 1.08 bits per heavy atom.